The maximum Gasteiger partial charge on any atom is 0.322 e. The van der Waals surface area contributed by atoms with E-state index < -0.39 is 5.97 Å². The molecule has 1 saturated carbocycles. The second-order valence-corrected chi connectivity index (χ2v) is 12.5. The van der Waals surface area contributed by atoms with Crippen LogP contribution in [0.5, 0.6) is 0 Å². The average Bonchev–Trinajstić information content (AvgIpc) is 3.30. The number of para-hydroxylation sites is 1. The summed E-state index contributed by atoms with van der Waals surface area (Å²) in [5, 5.41) is 13.4. The number of hydrogen-bond donors (Lipinski definition) is 2. The Labute approximate surface area is 238 Å². The quantitative estimate of drug-likeness (QED) is 0.495. The molecule has 7 heteroatoms. The van der Waals surface area contributed by atoms with Gasteiger partial charge in [0.05, 0.1) is 0 Å². The summed E-state index contributed by atoms with van der Waals surface area (Å²) in [6.07, 6.45) is 8.48. The number of carboxylic acids is 1. The third-order valence-electron chi connectivity index (χ3n) is 10.1. The van der Waals surface area contributed by atoms with Crippen LogP contribution < -0.4 is 5.32 Å². The van der Waals surface area contributed by atoms with Crippen LogP contribution in [-0.4, -0.2) is 83.2 Å². The van der Waals surface area contributed by atoms with E-state index >= 15 is 0 Å². The van der Waals surface area contributed by atoms with Crippen LogP contribution in [0.2, 0.25) is 0 Å². The Bertz CT molecular complexity index is 1160. The van der Waals surface area contributed by atoms with Gasteiger partial charge in [0.25, 0.3) is 0 Å². The number of piperidine rings is 1. The molecular formula is C33H44N4O3. The molecule has 3 fully saturated rings. The molecule has 0 bridgehead atoms. The molecule has 6 rings (SSSR count). The highest BCUT2D eigenvalue weighted by Gasteiger charge is 2.43. The topological polar surface area (TPSA) is 76.1 Å². The first kappa shape index (κ1) is 27.3. The molecule has 40 heavy (non-hydrogen) atoms. The summed E-state index contributed by atoms with van der Waals surface area (Å²) in [6.45, 7) is 5.37. The minimum atomic E-state index is -0.641. The smallest absolute Gasteiger partial charge is 0.322 e. The first-order valence-corrected chi connectivity index (χ1v) is 15.5. The zero-order valence-electron chi connectivity index (χ0n) is 23.6. The Hall–Kier alpha value is -2.90. The van der Waals surface area contributed by atoms with Gasteiger partial charge in [-0.25, -0.2) is 4.79 Å². The molecule has 2 N–H and O–H groups in total. The van der Waals surface area contributed by atoms with E-state index in [1.54, 1.807) is 0 Å². The van der Waals surface area contributed by atoms with E-state index in [1.165, 1.54) is 17.5 Å². The lowest BCUT2D eigenvalue weighted by molar-refractivity contribution is -0.145. The first-order valence-electron chi connectivity index (χ1n) is 15.5. The number of rotatable bonds is 7. The largest absolute Gasteiger partial charge is 0.480 e. The highest BCUT2D eigenvalue weighted by Crippen LogP contribution is 2.38. The zero-order chi connectivity index (χ0) is 27.5. The van der Waals surface area contributed by atoms with Gasteiger partial charge in [0.15, 0.2) is 0 Å². The molecule has 0 spiro atoms. The molecule has 4 aliphatic rings. The Morgan fingerprint density at radius 3 is 2.38 bits per heavy atom. The zero-order valence-corrected chi connectivity index (χ0v) is 23.6. The summed E-state index contributed by atoms with van der Waals surface area (Å²) in [4.78, 5) is 32.6. The number of carbonyl (C=O) groups excluding carboxylic acids is 1. The second kappa shape index (κ2) is 12.3. The normalized spacial score (nSPS) is 26.2. The number of carboxylic acid groups (broad SMARTS) is 1. The van der Waals surface area contributed by atoms with Crippen molar-refractivity contribution >= 4 is 17.7 Å². The number of nitrogens with one attached hydrogen (secondary N) is 1. The Kier molecular flexibility index (Phi) is 8.40. The van der Waals surface area contributed by atoms with E-state index in [4.69, 9.17) is 0 Å². The van der Waals surface area contributed by atoms with Gasteiger partial charge in [-0.3, -0.25) is 9.69 Å². The van der Waals surface area contributed by atoms with E-state index in [1.807, 2.05) is 18.2 Å². The number of benzene rings is 2. The summed E-state index contributed by atoms with van der Waals surface area (Å²) < 4.78 is 0. The molecule has 7 nitrogen and oxygen atoms in total. The number of carbonyl (C=O) groups is 2. The minimum absolute atomic E-state index is 0.0291. The standard InChI is InChI=1S/C33H44N4O3/c38-32(39)31(26-12-5-2-6-13-26)36-22-27(29(23-36)24-9-3-1-4-10-24)21-35-18-16-28(17-19-35)37-20-15-25-11-7-8-14-30(25)34-33(37)40/h1,3-4,7-11,14,26-29,31H,2,5-6,12-13,15-23H2,(H,34,40)(H,38,39)/t27-,29?,31+/m0/s1. The second-order valence-electron chi connectivity index (χ2n) is 12.5. The molecule has 2 aromatic rings. The molecular weight excluding hydrogens is 500 g/mol. The van der Waals surface area contributed by atoms with Crippen LogP contribution in [-0.2, 0) is 11.2 Å². The number of anilines is 1. The molecule has 3 aliphatic heterocycles. The number of hydrogen-bond acceptors (Lipinski definition) is 4. The molecule has 2 saturated heterocycles. The summed E-state index contributed by atoms with van der Waals surface area (Å²) in [7, 11) is 0. The predicted octanol–water partition coefficient (Wildman–Crippen LogP) is 5.29. The van der Waals surface area contributed by atoms with Crippen LogP contribution in [0.4, 0.5) is 10.5 Å². The highest BCUT2D eigenvalue weighted by molar-refractivity contribution is 5.91. The maximum absolute atomic E-state index is 13.1. The lowest BCUT2D eigenvalue weighted by Crippen LogP contribution is -2.50. The van der Waals surface area contributed by atoms with Crippen LogP contribution in [0, 0.1) is 11.8 Å². The number of fused-ring (bicyclic) bond motifs is 1. The molecule has 3 heterocycles. The summed E-state index contributed by atoms with van der Waals surface area (Å²) in [5.41, 5.74) is 3.48. The third kappa shape index (κ3) is 5.91. The molecule has 2 aromatic carbocycles. The Balaban J connectivity index is 1.11. The lowest BCUT2D eigenvalue weighted by Gasteiger charge is -2.39. The van der Waals surface area contributed by atoms with Crippen molar-refractivity contribution in [2.24, 2.45) is 11.8 Å². The predicted molar refractivity (Wildman–Crippen MR) is 158 cm³/mol. The Morgan fingerprint density at radius 1 is 0.900 bits per heavy atom. The van der Waals surface area contributed by atoms with Crippen molar-refractivity contribution in [1.29, 1.82) is 0 Å². The van der Waals surface area contributed by atoms with Gasteiger partial charge in [-0.05, 0) is 61.1 Å². The van der Waals surface area contributed by atoms with Crippen molar-refractivity contribution in [3.8, 4) is 0 Å². The molecule has 1 aliphatic carbocycles. The SMILES string of the molecule is O=C(O)[C@@H](C1CCCCC1)N1CC(c2ccccc2)[C@@H](CN2CCC(N3CCc4ccccc4NC3=O)CC2)C1. The van der Waals surface area contributed by atoms with Gasteiger partial charge in [0.1, 0.15) is 6.04 Å². The fourth-order valence-electron chi connectivity index (χ4n) is 7.98. The maximum atomic E-state index is 13.1. The number of aliphatic carboxylic acids is 1. The van der Waals surface area contributed by atoms with Crippen LogP contribution in [0.25, 0.3) is 0 Å². The third-order valence-corrected chi connectivity index (χ3v) is 10.1. The van der Waals surface area contributed by atoms with Crippen LogP contribution in [0.15, 0.2) is 54.6 Å². The minimum Gasteiger partial charge on any atom is -0.480 e. The molecule has 0 radical (unpaired) electrons. The van der Waals surface area contributed by atoms with Crippen molar-refractivity contribution in [2.75, 3.05) is 44.6 Å². The number of nitrogens with zero attached hydrogens (tertiary/aromatic N) is 3. The summed E-state index contributed by atoms with van der Waals surface area (Å²) >= 11 is 0. The highest BCUT2D eigenvalue weighted by atomic mass is 16.4. The van der Waals surface area contributed by atoms with Gasteiger partial charge < -0.3 is 20.2 Å². The van der Waals surface area contributed by atoms with E-state index in [-0.39, 0.29) is 24.0 Å². The van der Waals surface area contributed by atoms with E-state index in [0.717, 1.165) is 89.9 Å². The first-order chi connectivity index (χ1) is 19.6. The van der Waals surface area contributed by atoms with Crippen LogP contribution in [0.3, 0.4) is 0 Å². The van der Waals surface area contributed by atoms with E-state index in [0.29, 0.717) is 11.8 Å². The van der Waals surface area contributed by atoms with Gasteiger partial charge in [0.2, 0.25) is 0 Å². The van der Waals surface area contributed by atoms with Gasteiger partial charge >= 0.3 is 12.0 Å². The monoisotopic (exact) mass is 544 g/mol. The molecule has 3 atom stereocenters. The molecule has 2 amide bonds. The van der Waals surface area contributed by atoms with Crippen molar-refractivity contribution in [1.82, 2.24) is 14.7 Å². The van der Waals surface area contributed by atoms with E-state index in [9.17, 15) is 14.7 Å². The number of amides is 2. The van der Waals surface area contributed by atoms with Gasteiger partial charge in [-0.15, -0.1) is 0 Å². The van der Waals surface area contributed by atoms with Crippen molar-refractivity contribution in [2.45, 2.75) is 69.4 Å². The van der Waals surface area contributed by atoms with Crippen molar-refractivity contribution in [3.05, 3.63) is 65.7 Å². The summed E-state index contributed by atoms with van der Waals surface area (Å²) in [6, 6.07) is 18.8. The van der Waals surface area contributed by atoms with Gasteiger partial charge in [-0.2, -0.15) is 0 Å². The molecule has 0 aromatic heterocycles. The van der Waals surface area contributed by atoms with Gasteiger partial charge in [-0.1, -0.05) is 67.8 Å². The Morgan fingerprint density at radius 2 is 1.62 bits per heavy atom. The summed E-state index contributed by atoms with van der Waals surface area (Å²) in [5.74, 6) is 0.376. The fraction of sp³-hybridized carbons (Fsp3) is 0.576. The van der Waals surface area contributed by atoms with Crippen molar-refractivity contribution < 1.29 is 14.7 Å². The average molecular weight is 545 g/mol. The molecule has 1 unspecified atom stereocenters. The number of likely N-dealkylation sites (tertiary alicyclic amines) is 2. The van der Waals surface area contributed by atoms with Crippen LogP contribution >= 0.6 is 0 Å². The lowest BCUT2D eigenvalue weighted by atomic mass is 9.83. The molecule has 214 valence electrons. The fourth-order valence-corrected chi connectivity index (χ4v) is 7.98. The van der Waals surface area contributed by atoms with Gasteiger partial charge in [0, 0.05) is 56.9 Å². The van der Waals surface area contributed by atoms with Crippen molar-refractivity contribution in [3.63, 3.8) is 0 Å². The number of urea groups is 1. The van der Waals surface area contributed by atoms with Crippen LogP contribution in [0.1, 0.15) is 62.0 Å². The van der Waals surface area contributed by atoms with E-state index in [2.05, 4.69) is 56.4 Å².